The Morgan fingerprint density at radius 2 is 0.769 bits per heavy atom. The fourth-order valence-electron chi connectivity index (χ4n) is 8.46. The van der Waals surface area contributed by atoms with Gasteiger partial charge in [-0.15, -0.1) is 22.7 Å². The number of fused-ring (bicyclic) bond motifs is 15. The van der Waals surface area contributed by atoms with Gasteiger partial charge in [0.2, 0.25) is 0 Å². The van der Waals surface area contributed by atoms with Crippen LogP contribution in [-0.4, -0.2) is 0 Å². The first-order valence-corrected chi connectivity index (χ1v) is 19.2. The number of anilines is 3. The van der Waals surface area contributed by atoms with Crippen LogP contribution in [0.3, 0.4) is 0 Å². The molecule has 3 heterocycles. The summed E-state index contributed by atoms with van der Waals surface area (Å²) in [6.45, 7) is 0. The van der Waals surface area contributed by atoms with E-state index < -0.39 is 0 Å². The summed E-state index contributed by atoms with van der Waals surface area (Å²) in [6.07, 6.45) is 0. The van der Waals surface area contributed by atoms with E-state index in [1.165, 1.54) is 72.7 Å². The van der Waals surface area contributed by atoms with Crippen LogP contribution in [0.25, 0.3) is 94.6 Å². The van der Waals surface area contributed by atoms with Crippen LogP contribution in [0, 0.1) is 0 Å². The largest absolute Gasteiger partial charge is 0.456 e. The monoisotopic (exact) mass is 697 g/mol. The van der Waals surface area contributed by atoms with Gasteiger partial charge in [-0.1, -0.05) is 91.0 Å². The standard InChI is InChI=1S/C48H27NOS2/c1-3-11-33-31(9-1)32-10-2-4-12-34(32)39-27-48-42(26-38(33)39)37-20-17-30(25-47(37)52-48)49(28-18-21-44-40(23-28)35-13-5-7-15-43(35)50-44)29-19-22-46-41(24-29)36-14-6-8-16-45(36)51-46/h1-27H. The third-order valence-electron chi connectivity index (χ3n) is 10.8. The van der Waals surface area contributed by atoms with Gasteiger partial charge in [-0.2, -0.15) is 0 Å². The number of nitrogens with zero attached hydrogens (tertiary/aromatic N) is 1. The number of thiophene rings is 2. The number of furan rings is 1. The Balaban J connectivity index is 1.11. The lowest BCUT2D eigenvalue weighted by Gasteiger charge is -2.26. The Bertz CT molecular complexity index is 3320. The zero-order chi connectivity index (χ0) is 33.9. The number of hydrogen-bond acceptors (Lipinski definition) is 4. The zero-order valence-electron chi connectivity index (χ0n) is 27.8. The normalized spacial score (nSPS) is 12.2. The van der Waals surface area contributed by atoms with Gasteiger partial charge in [0.15, 0.2) is 0 Å². The minimum Gasteiger partial charge on any atom is -0.456 e. The molecule has 4 heteroatoms. The van der Waals surface area contributed by atoms with Gasteiger partial charge in [0, 0.05) is 68.2 Å². The maximum Gasteiger partial charge on any atom is 0.135 e. The first-order valence-electron chi connectivity index (χ1n) is 17.6. The Morgan fingerprint density at radius 1 is 0.288 bits per heavy atom. The van der Waals surface area contributed by atoms with Crippen molar-refractivity contribution >= 4 is 134 Å². The molecule has 0 N–H and O–H groups in total. The molecule has 52 heavy (non-hydrogen) atoms. The molecule has 0 saturated carbocycles. The van der Waals surface area contributed by atoms with E-state index in [4.69, 9.17) is 4.42 Å². The summed E-state index contributed by atoms with van der Waals surface area (Å²) in [4.78, 5) is 2.41. The second-order valence-corrected chi connectivity index (χ2v) is 15.8. The highest BCUT2D eigenvalue weighted by atomic mass is 32.1. The Kier molecular flexibility index (Phi) is 5.84. The van der Waals surface area contributed by atoms with E-state index in [0.29, 0.717) is 0 Å². The predicted octanol–water partition coefficient (Wildman–Crippen LogP) is 15.3. The van der Waals surface area contributed by atoms with Crippen LogP contribution in [-0.2, 0) is 0 Å². The molecule has 0 unspecified atom stereocenters. The van der Waals surface area contributed by atoms with Gasteiger partial charge in [0.05, 0.1) is 0 Å². The second kappa shape index (κ2) is 10.7. The third-order valence-corrected chi connectivity index (χ3v) is 13.1. The highest BCUT2D eigenvalue weighted by Gasteiger charge is 2.19. The van der Waals surface area contributed by atoms with Crippen LogP contribution in [0.4, 0.5) is 17.1 Å². The van der Waals surface area contributed by atoms with Crippen LogP contribution < -0.4 is 4.90 Å². The fourth-order valence-corrected chi connectivity index (χ4v) is 10.7. The van der Waals surface area contributed by atoms with Gasteiger partial charge in [-0.25, -0.2) is 0 Å². The van der Waals surface area contributed by atoms with Crippen molar-refractivity contribution in [1.29, 1.82) is 0 Å². The molecule has 12 aromatic rings. The van der Waals surface area contributed by atoms with E-state index >= 15 is 0 Å². The van der Waals surface area contributed by atoms with Crippen molar-refractivity contribution in [1.82, 2.24) is 0 Å². The molecule has 0 radical (unpaired) electrons. The highest BCUT2D eigenvalue weighted by Crippen LogP contribution is 2.46. The quantitative estimate of drug-likeness (QED) is 0.171. The molecule has 0 amide bonds. The summed E-state index contributed by atoms with van der Waals surface area (Å²) < 4.78 is 11.5. The average Bonchev–Trinajstić information content (AvgIpc) is 3.88. The SMILES string of the molecule is c1ccc2c(c1)oc1ccc(N(c3ccc4c(c3)sc3cc5c6ccccc6c6ccccc6c5cc34)c3ccc4sc5ccccc5c4c3)cc12. The fraction of sp³-hybridized carbons (Fsp3) is 0. The van der Waals surface area contributed by atoms with Crippen LogP contribution in [0.1, 0.15) is 0 Å². The molecular formula is C48H27NOS2. The maximum atomic E-state index is 6.26. The summed E-state index contributed by atoms with van der Waals surface area (Å²) in [7, 11) is 0. The molecule has 12 rings (SSSR count). The topological polar surface area (TPSA) is 16.4 Å². The second-order valence-electron chi connectivity index (χ2n) is 13.7. The van der Waals surface area contributed by atoms with Crippen LogP contribution in [0.5, 0.6) is 0 Å². The number of para-hydroxylation sites is 1. The van der Waals surface area contributed by atoms with Gasteiger partial charge in [0.1, 0.15) is 11.2 Å². The summed E-state index contributed by atoms with van der Waals surface area (Å²) in [5.41, 5.74) is 5.17. The van der Waals surface area contributed by atoms with E-state index in [2.05, 4.69) is 157 Å². The minimum absolute atomic E-state index is 0.899. The maximum absolute atomic E-state index is 6.26. The Hall–Kier alpha value is -6.20. The van der Waals surface area contributed by atoms with Crippen molar-refractivity contribution < 1.29 is 4.42 Å². The third kappa shape index (κ3) is 4.05. The molecule has 0 atom stereocenters. The lowest BCUT2D eigenvalue weighted by Crippen LogP contribution is -2.09. The molecule has 0 spiro atoms. The lowest BCUT2D eigenvalue weighted by molar-refractivity contribution is 0.669. The molecule has 242 valence electrons. The molecule has 0 aliphatic rings. The van der Waals surface area contributed by atoms with Gasteiger partial charge < -0.3 is 9.32 Å². The first-order chi connectivity index (χ1) is 25.7. The number of hydrogen-bond donors (Lipinski definition) is 0. The molecule has 0 bridgehead atoms. The van der Waals surface area contributed by atoms with Crippen molar-refractivity contribution in [2.45, 2.75) is 0 Å². The number of benzene rings is 9. The lowest BCUT2D eigenvalue weighted by atomic mass is 9.93. The summed E-state index contributed by atoms with van der Waals surface area (Å²) in [6, 6.07) is 60.1. The van der Waals surface area contributed by atoms with Crippen LogP contribution >= 0.6 is 22.7 Å². The van der Waals surface area contributed by atoms with E-state index in [1.807, 2.05) is 34.8 Å². The Labute approximate surface area is 306 Å². The molecule has 0 aliphatic carbocycles. The average molecular weight is 698 g/mol. The van der Waals surface area contributed by atoms with Crippen molar-refractivity contribution in [2.75, 3.05) is 4.90 Å². The zero-order valence-corrected chi connectivity index (χ0v) is 29.4. The predicted molar refractivity (Wildman–Crippen MR) is 227 cm³/mol. The van der Waals surface area contributed by atoms with Gasteiger partial charge in [0.25, 0.3) is 0 Å². The molecule has 2 nitrogen and oxygen atoms in total. The Morgan fingerprint density at radius 3 is 1.56 bits per heavy atom. The molecule has 0 fully saturated rings. The molecule has 9 aromatic carbocycles. The molecule has 3 aromatic heterocycles. The van der Waals surface area contributed by atoms with Gasteiger partial charge in [-0.05, 0) is 105 Å². The minimum atomic E-state index is 0.899. The first kappa shape index (κ1) is 28.5. The van der Waals surface area contributed by atoms with E-state index in [-0.39, 0.29) is 0 Å². The van der Waals surface area contributed by atoms with Gasteiger partial charge >= 0.3 is 0 Å². The van der Waals surface area contributed by atoms with E-state index in [1.54, 1.807) is 0 Å². The number of rotatable bonds is 3. The summed E-state index contributed by atoms with van der Waals surface area (Å²) >= 11 is 3.74. The van der Waals surface area contributed by atoms with E-state index in [0.717, 1.165) is 39.0 Å². The van der Waals surface area contributed by atoms with Crippen LogP contribution in [0.15, 0.2) is 168 Å². The summed E-state index contributed by atoms with van der Waals surface area (Å²) in [5, 5.41) is 15.3. The molecule has 0 aliphatic heterocycles. The molecular weight excluding hydrogens is 671 g/mol. The molecule has 0 saturated heterocycles. The van der Waals surface area contributed by atoms with E-state index in [9.17, 15) is 0 Å². The smallest absolute Gasteiger partial charge is 0.135 e. The van der Waals surface area contributed by atoms with Crippen molar-refractivity contribution in [2.24, 2.45) is 0 Å². The highest BCUT2D eigenvalue weighted by molar-refractivity contribution is 7.26. The summed E-state index contributed by atoms with van der Waals surface area (Å²) in [5.74, 6) is 0. The van der Waals surface area contributed by atoms with Crippen molar-refractivity contribution in [3.05, 3.63) is 164 Å². The van der Waals surface area contributed by atoms with Crippen molar-refractivity contribution in [3.63, 3.8) is 0 Å². The van der Waals surface area contributed by atoms with Gasteiger partial charge in [-0.3, -0.25) is 0 Å². The van der Waals surface area contributed by atoms with Crippen molar-refractivity contribution in [3.8, 4) is 0 Å². The van der Waals surface area contributed by atoms with Crippen LogP contribution in [0.2, 0.25) is 0 Å².